The molecule has 1 aromatic heterocycles. The normalized spacial score (nSPS) is 17.8. The zero-order valence-corrected chi connectivity index (χ0v) is 39.3. The number of likely N-dealkylation sites (tertiary alicyclic amines) is 1. The number of carbonyl (C=O) groups is 7. The number of hydrogen-bond acceptors (Lipinski definition) is 13. The van der Waals surface area contributed by atoms with Crippen LogP contribution in [-0.2, 0) is 35.2 Å². The first kappa shape index (κ1) is 53.6. The molecular weight excluding hydrogens is 939 g/mol. The van der Waals surface area contributed by atoms with Gasteiger partial charge in [0.25, 0.3) is 11.8 Å². The predicted octanol–water partition coefficient (Wildman–Crippen LogP) is 2.04. The third kappa shape index (κ3) is 16.4. The van der Waals surface area contributed by atoms with Crippen LogP contribution in [0.2, 0.25) is 0 Å². The maximum atomic E-state index is 14.1. The van der Waals surface area contributed by atoms with E-state index < -0.39 is 79.1 Å². The molecule has 0 aliphatic carbocycles. The van der Waals surface area contributed by atoms with E-state index in [1.54, 1.807) is 62.1 Å². The van der Waals surface area contributed by atoms with Crippen LogP contribution in [-0.4, -0.2) is 196 Å². The fourth-order valence-corrected chi connectivity index (χ4v) is 8.42. The maximum Gasteiger partial charge on any atom is 0.317 e. The van der Waals surface area contributed by atoms with Gasteiger partial charge in [0.05, 0.1) is 45.3 Å². The standard InChI is InChI=1S/C50H56F2N10O10/c51-50(52)25-40(26-53)62(33-50)44(64)28-55-48(71)41-13-14-54-27-38(41)10-5-34-7-11-39(12-8-34)56-49(72)42(24-35-6-9-36-3-1-2-4-37(36)23-35)57-43(63)29-58-15-17-59(30-45(65)66)19-21-61(32-47(69)70)22-20-60(18-16-58)31-46(67)68/h1-14,23,27,40,42H,15-22,24-25,28-33H2,(H,55,71)(H,56,72)(H,57,63)(H,65,66)(H,67,68)(H,69,70)/b10-5+/t40-,42-/m0/s1. The minimum absolute atomic E-state index is 0.110. The number of alkyl halides is 2. The lowest BCUT2D eigenvalue weighted by Gasteiger charge is -2.33. The maximum absolute atomic E-state index is 14.1. The Bertz CT molecular complexity index is 2650. The second-order valence-corrected chi connectivity index (χ2v) is 17.6. The number of carboxylic acids is 3. The van der Waals surface area contributed by atoms with Crippen LogP contribution in [0, 0.1) is 11.3 Å². The van der Waals surface area contributed by atoms with E-state index in [0.29, 0.717) is 16.8 Å². The van der Waals surface area contributed by atoms with E-state index in [1.165, 1.54) is 18.5 Å². The Morgan fingerprint density at radius 3 is 1.89 bits per heavy atom. The van der Waals surface area contributed by atoms with Crippen molar-refractivity contribution in [2.45, 2.75) is 30.8 Å². The number of benzene rings is 3. The number of rotatable bonds is 18. The number of nitrogens with one attached hydrogen (secondary N) is 3. The van der Waals surface area contributed by atoms with Gasteiger partial charge in [-0.1, -0.05) is 66.7 Å². The Balaban J connectivity index is 1.13. The fraction of sp³-hybridized carbons (Fsp3) is 0.380. The lowest BCUT2D eigenvalue weighted by Crippen LogP contribution is -2.52. The van der Waals surface area contributed by atoms with Gasteiger partial charge in [-0.25, -0.2) is 8.78 Å². The van der Waals surface area contributed by atoms with Crippen LogP contribution >= 0.6 is 0 Å². The molecule has 22 heteroatoms. The molecule has 2 atom stereocenters. The first-order valence-corrected chi connectivity index (χ1v) is 23.1. The highest BCUT2D eigenvalue weighted by atomic mass is 19.3. The van der Waals surface area contributed by atoms with E-state index in [0.717, 1.165) is 21.2 Å². The second kappa shape index (κ2) is 25.4. The Morgan fingerprint density at radius 2 is 1.32 bits per heavy atom. The number of fused-ring (bicyclic) bond motifs is 1. The quantitative estimate of drug-likeness (QED) is 0.0833. The number of carbonyl (C=O) groups excluding carboxylic acids is 4. The van der Waals surface area contributed by atoms with Crippen molar-refractivity contribution in [3.05, 3.63) is 107 Å². The largest absolute Gasteiger partial charge is 0.480 e. The summed E-state index contributed by atoms with van der Waals surface area (Å²) in [5.74, 6) is -8.95. The molecule has 0 spiro atoms. The summed E-state index contributed by atoms with van der Waals surface area (Å²) in [7, 11) is 0. The number of aliphatic carboxylic acids is 3. The van der Waals surface area contributed by atoms with Gasteiger partial charge in [-0.15, -0.1) is 0 Å². The van der Waals surface area contributed by atoms with Crippen molar-refractivity contribution in [1.82, 2.24) is 40.1 Å². The number of amides is 4. The fourth-order valence-electron chi connectivity index (χ4n) is 8.42. The molecular formula is C50H56F2N10O10. The summed E-state index contributed by atoms with van der Waals surface area (Å²) < 4.78 is 27.8. The molecule has 2 aliphatic heterocycles. The third-order valence-electron chi connectivity index (χ3n) is 12.1. The van der Waals surface area contributed by atoms with Crippen LogP contribution in [0.4, 0.5) is 14.5 Å². The zero-order chi connectivity index (χ0) is 51.8. The lowest BCUT2D eigenvalue weighted by molar-refractivity contribution is -0.140. The van der Waals surface area contributed by atoms with Gasteiger partial charge in [0, 0.05) is 94.4 Å². The lowest BCUT2D eigenvalue weighted by atomic mass is 10.0. The molecule has 2 saturated heterocycles. The second-order valence-electron chi connectivity index (χ2n) is 17.6. The molecule has 2 aliphatic rings. The number of pyridine rings is 1. The molecule has 6 N–H and O–H groups in total. The molecule has 0 saturated carbocycles. The molecule has 0 bridgehead atoms. The highest BCUT2D eigenvalue weighted by molar-refractivity contribution is 6.00. The van der Waals surface area contributed by atoms with Crippen molar-refractivity contribution >= 4 is 70.1 Å². The van der Waals surface area contributed by atoms with Gasteiger partial charge in [-0.3, -0.25) is 58.1 Å². The Morgan fingerprint density at radius 1 is 0.750 bits per heavy atom. The van der Waals surface area contributed by atoms with Crippen molar-refractivity contribution in [2.24, 2.45) is 0 Å². The van der Waals surface area contributed by atoms with Gasteiger partial charge < -0.3 is 36.2 Å². The van der Waals surface area contributed by atoms with E-state index in [2.05, 4.69) is 20.9 Å². The van der Waals surface area contributed by atoms with Crippen molar-refractivity contribution in [3.63, 3.8) is 0 Å². The molecule has 6 rings (SSSR count). The molecule has 20 nitrogen and oxygen atoms in total. The van der Waals surface area contributed by atoms with Crippen LogP contribution in [0.3, 0.4) is 0 Å². The SMILES string of the molecule is N#C[C@@H]1CC(F)(F)CN1C(=O)CNC(=O)c1ccncc1/C=C/c1ccc(NC(=O)[C@H](Cc2ccc3ccccc3c2)NC(=O)CN2CCN(CC(=O)O)CCN(CC(=O)O)CCN(CC(=O)O)CC2)cc1. The Kier molecular flexibility index (Phi) is 18.9. The number of nitriles is 1. The van der Waals surface area contributed by atoms with Gasteiger partial charge in [-0.05, 0) is 40.1 Å². The van der Waals surface area contributed by atoms with Crippen LogP contribution in [0.1, 0.15) is 33.5 Å². The number of anilines is 1. The van der Waals surface area contributed by atoms with Crippen molar-refractivity contribution in [2.75, 3.05) is 96.9 Å². The third-order valence-corrected chi connectivity index (χ3v) is 12.1. The minimum Gasteiger partial charge on any atom is -0.480 e. The Hall–Kier alpha value is -7.71. The summed E-state index contributed by atoms with van der Waals surface area (Å²) in [6, 6.07) is 20.9. The molecule has 0 unspecified atom stereocenters. The summed E-state index contributed by atoms with van der Waals surface area (Å²) in [4.78, 5) is 101. The monoisotopic (exact) mass is 994 g/mol. The molecule has 380 valence electrons. The predicted molar refractivity (Wildman–Crippen MR) is 259 cm³/mol. The van der Waals surface area contributed by atoms with E-state index in [4.69, 9.17) is 0 Å². The van der Waals surface area contributed by atoms with E-state index in [9.17, 15) is 62.9 Å². The average molecular weight is 995 g/mol. The first-order chi connectivity index (χ1) is 34.4. The van der Waals surface area contributed by atoms with Crippen LogP contribution in [0.15, 0.2) is 85.2 Å². The minimum atomic E-state index is -3.20. The van der Waals surface area contributed by atoms with Gasteiger partial charge >= 0.3 is 17.9 Å². The van der Waals surface area contributed by atoms with Crippen LogP contribution in [0.5, 0.6) is 0 Å². The van der Waals surface area contributed by atoms with Gasteiger partial charge in [-0.2, -0.15) is 5.26 Å². The summed E-state index contributed by atoms with van der Waals surface area (Å²) in [6.45, 7) is -1.03. The van der Waals surface area contributed by atoms with Gasteiger partial charge in [0.2, 0.25) is 17.7 Å². The molecule has 2 fully saturated rings. The van der Waals surface area contributed by atoms with Crippen LogP contribution in [0.25, 0.3) is 22.9 Å². The molecule has 4 amide bonds. The number of carboxylic acid groups (broad SMARTS) is 3. The summed E-state index contributed by atoms with van der Waals surface area (Å²) in [5, 5.41) is 48.1. The first-order valence-electron chi connectivity index (χ1n) is 23.1. The number of nitrogens with zero attached hydrogens (tertiary/aromatic N) is 7. The zero-order valence-electron chi connectivity index (χ0n) is 39.3. The van der Waals surface area contributed by atoms with Crippen molar-refractivity contribution in [3.8, 4) is 6.07 Å². The molecule has 3 aromatic carbocycles. The number of hydrogen-bond donors (Lipinski definition) is 6. The Labute approximate surface area is 413 Å². The van der Waals surface area contributed by atoms with Crippen molar-refractivity contribution in [1.29, 1.82) is 5.26 Å². The van der Waals surface area contributed by atoms with E-state index in [-0.39, 0.29) is 90.5 Å². The summed E-state index contributed by atoms with van der Waals surface area (Å²) in [5.41, 5.74) is 2.35. The molecule has 4 aromatic rings. The summed E-state index contributed by atoms with van der Waals surface area (Å²) in [6.07, 6.45) is 5.44. The van der Waals surface area contributed by atoms with E-state index in [1.807, 2.05) is 42.5 Å². The number of aromatic nitrogens is 1. The number of halogens is 2. The van der Waals surface area contributed by atoms with E-state index >= 15 is 0 Å². The van der Waals surface area contributed by atoms with Crippen LogP contribution < -0.4 is 16.0 Å². The molecule has 0 radical (unpaired) electrons. The topological polar surface area (TPSA) is 269 Å². The average Bonchev–Trinajstić information content (AvgIpc) is 3.67. The summed E-state index contributed by atoms with van der Waals surface area (Å²) >= 11 is 0. The highest BCUT2D eigenvalue weighted by Crippen LogP contribution is 2.31. The van der Waals surface area contributed by atoms with Crippen molar-refractivity contribution < 1.29 is 57.7 Å². The molecule has 3 heterocycles. The highest BCUT2D eigenvalue weighted by Gasteiger charge is 2.47. The smallest absolute Gasteiger partial charge is 0.317 e. The molecule has 72 heavy (non-hydrogen) atoms. The van der Waals surface area contributed by atoms with Gasteiger partial charge in [0.15, 0.2) is 0 Å². The van der Waals surface area contributed by atoms with Gasteiger partial charge in [0.1, 0.15) is 12.1 Å².